The highest BCUT2D eigenvalue weighted by Gasteiger charge is 2.17. The Labute approximate surface area is 154 Å². The summed E-state index contributed by atoms with van der Waals surface area (Å²) in [5.41, 5.74) is 8.64. The Kier molecular flexibility index (Phi) is 6.79. The van der Waals surface area contributed by atoms with Crippen LogP contribution in [0.4, 0.5) is 11.5 Å². The molecule has 0 bridgehead atoms. The number of imidazole rings is 1. The van der Waals surface area contributed by atoms with Crippen molar-refractivity contribution in [1.82, 2.24) is 19.3 Å². The van der Waals surface area contributed by atoms with Gasteiger partial charge in [0.1, 0.15) is 11.3 Å². The van der Waals surface area contributed by atoms with E-state index < -0.39 is 10.0 Å². The lowest BCUT2D eigenvalue weighted by Crippen LogP contribution is -2.26. The second kappa shape index (κ2) is 8.65. The standard InChI is InChI=1S/C16H28N6O3S/c1-5-6-13-20-14-15(12(21(2)3)11-18-16(14)17)22(13)8-10-25-9-7-19-26(4,23)24/h11,19H,5-10H2,1-4H3,(H2,17,18). The quantitative estimate of drug-likeness (QED) is 0.576. The van der Waals surface area contributed by atoms with Crippen molar-refractivity contribution in [2.24, 2.45) is 0 Å². The number of aromatic nitrogens is 3. The van der Waals surface area contributed by atoms with Crippen LogP contribution in [-0.4, -0.2) is 63.1 Å². The first-order valence-electron chi connectivity index (χ1n) is 8.58. The number of nitrogens with one attached hydrogen (secondary N) is 1. The lowest BCUT2D eigenvalue weighted by atomic mass is 10.3. The Bertz CT molecular complexity index is 847. The zero-order valence-electron chi connectivity index (χ0n) is 15.8. The maximum Gasteiger partial charge on any atom is 0.208 e. The summed E-state index contributed by atoms with van der Waals surface area (Å²) in [6.45, 7) is 3.72. The molecule has 0 saturated carbocycles. The predicted octanol–water partition coefficient (Wildman–Crippen LogP) is 0.598. The molecule has 146 valence electrons. The molecule has 0 aromatic carbocycles. The first kappa shape index (κ1) is 20.4. The van der Waals surface area contributed by atoms with E-state index in [9.17, 15) is 8.42 Å². The summed E-state index contributed by atoms with van der Waals surface area (Å²) >= 11 is 0. The van der Waals surface area contributed by atoms with Crippen molar-refractivity contribution in [3.8, 4) is 0 Å². The number of fused-ring (bicyclic) bond motifs is 1. The molecular weight excluding hydrogens is 356 g/mol. The van der Waals surface area contributed by atoms with E-state index in [1.807, 2.05) is 19.0 Å². The third-order valence-electron chi connectivity index (χ3n) is 3.88. The second-order valence-corrected chi connectivity index (χ2v) is 8.16. The smallest absolute Gasteiger partial charge is 0.208 e. The van der Waals surface area contributed by atoms with Gasteiger partial charge in [0.25, 0.3) is 0 Å². The zero-order chi connectivity index (χ0) is 19.3. The lowest BCUT2D eigenvalue weighted by molar-refractivity contribution is 0.131. The number of nitrogens with two attached hydrogens (primary N) is 1. The van der Waals surface area contributed by atoms with Crippen LogP contribution < -0.4 is 15.4 Å². The van der Waals surface area contributed by atoms with E-state index in [4.69, 9.17) is 15.5 Å². The minimum Gasteiger partial charge on any atom is -0.382 e. The van der Waals surface area contributed by atoms with Crippen LogP contribution in [0.3, 0.4) is 0 Å². The van der Waals surface area contributed by atoms with Gasteiger partial charge >= 0.3 is 0 Å². The maximum atomic E-state index is 11.0. The molecule has 9 nitrogen and oxygen atoms in total. The Morgan fingerprint density at radius 1 is 1.35 bits per heavy atom. The van der Waals surface area contributed by atoms with E-state index in [-0.39, 0.29) is 6.54 Å². The van der Waals surface area contributed by atoms with E-state index in [0.29, 0.717) is 31.1 Å². The highest BCUT2D eigenvalue weighted by Crippen LogP contribution is 2.29. The first-order chi connectivity index (χ1) is 12.2. The van der Waals surface area contributed by atoms with Gasteiger partial charge < -0.3 is 19.9 Å². The average Bonchev–Trinajstić information content (AvgIpc) is 2.89. The molecule has 0 amide bonds. The summed E-state index contributed by atoms with van der Waals surface area (Å²) in [5.74, 6) is 1.36. The summed E-state index contributed by atoms with van der Waals surface area (Å²) in [5, 5.41) is 0. The molecule has 26 heavy (non-hydrogen) atoms. The van der Waals surface area contributed by atoms with E-state index in [1.54, 1.807) is 6.20 Å². The molecule has 2 heterocycles. The fourth-order valence-electron chi connectivity index (χ4n) is 2.73. The Morgan fingerprint density at radius 2 is 2.08 bits per heavy atom. The van der Waals surface area contributed by atoms with Gasteiger partial charge in [-0.25, -0.2) is 23.1 Å². The Morgan fingerprint density at radius 3 is 2.69 bits per heavy atom. The molecule has 0 atom stereocenters. The number of ether oxygens (including phenoxy) is 1. The van der Waals surface area contributed by atoms with Crippen molar-refractivity contribution in [1.29, 1.82) is 0 Å². The van der Waals surface area contributed by atoms with Crippen LogP contribution in [0.5, 0.6) is 0 Å². The predicted molar refractivity (Wildman–Crippen MR) is 104 cm³/mol. The Hall–Kier alpha value is -1.91. The number of sulfonamides is 1. The third-order valence-corrected chi connectivity index (χ3v) is 4.61. The highest BCUT2D eigenvalue weighted by molar-refractivity contribution is 7.88. The molecule has 0 fully saturated rings. The molecule has 0 aliphatic carbocycles. The monoisotopic (exact) mass is 384 g/mol. The number of aryl methyl sites for hydroxylation is 1. The average molecular weight is 385 g/mol. The van der Waals surface area contributed by atoms with Crippen molar-refractivity contribution in [3.63, 3.8) is 0 Å². The van der Waals surface area contributed by atoms with E-state index in [1.165, 1.54) is 0 Å². The molecule has 0 unspecified atom stereocenters. The summed E-state index contributed by atoms with van der Waals surface area (Å²) in [7, 11) is 0.722. The number of pyridine rings is 1. The van der Waals surface area contributed by atoms with Crippen molar-refractivity contribution in [2.45, 2.75) is 26.3 Å². The minimum absolute atomic E-state index is 0.255. The summed E-state index contributed by atoms with van der Waals surface area (Å²) in [6, 6.07) is 0. The largest absolute Gasteiger partial charge is 0.382 e. The lowest BCUT2D eigenvalue weighted by Gasteiger charge is -2.17. The fraction of sp³-hybridized carbons (Fsp3) is 0.625. The van der Waals surface area contributed by atoms with Gasteiger partial charge in [-0.15, -0.1) is 0 Å². The molecule has 3 N–H and O–H groups in total. The Balaban J connectivity index is 2.18. The van der Waals surface area contributed by atoms with Gasteiger partial charge in [0.05, 0.1) is 36.9 Å². The number of hydrogen-bond donors (Lipinski definition) is 2. The number of anilines is 2. The van der Waals surface area contributed by atoms with Gasteiger partial charge in [0.2, 0.25) is 10.0 Å². The van der Waals surface area contributed by atoms with Crippen LogP contribution in [0.1, 0.15) is 19.2 Å². The second-order valence-electron chi connectivity index (χ2n) is 6.33. The van der Waals surface area contributed by atoms with E-state index >= 15 is 0 Å². The number of rotatable bonds is 10. The maximum absolute atomic E-state index is 11.0. The molecule has 2 rings (SSSR count). The normalized spacial score (nSPS) is 12.0. The van der Waals surface area contributed by atoms with Gasteiger partial charge in [0.15, 0.2) is 5.82 Å². The van der Waals surface area contributed by atoms with Crippen molar-refractivity contribution >= 4 is 32.6 Å². The fourth-order valence-corrected chi connectivity index (χ4v) is 3.18. The molecule has 0 aliphatic heterocycles. The number of nitrogens with zero attached hydrogens (tertiary/aromatic N) is 4. The van der Waals surface area contributed by atoms with Gasteiger partial charge in [-0.1, -0.05) is 6.92 Å². The number of hydrogen-bond acceptors (Lipinski definition) is 7. The van der Waals surface area contributed by atoms with E-state index in [0.717, 1.165) is 36.1 Å². The molecule has 0 aliphatic rings. The molecular formula is C16H28N6O3S. The van der Waals surface area contributed by atoms with Crippen molar-refractivity contribution < 1.29 is 13.2 Å². The van der Waals surface area contributed by atoms with Crippen molar-refractivity contribution in [2.75, 3.05) is 50.7 Å². The minimum atomic E-state index is -3.19. The summed E-state index contributed by atoms with van der Waals surface area (Å²) in [6.07, 6.45) is 4.68. The van der Waals surface area contributed by atoms with Crippen LogP contribution >= 0.6 is 0 Å². The summed E-state index contributed by atoms with van der Waals surface area (Å²) < 4.78 is 32.2. The van der Waals surface area contributed by atoms with Crippen LogP contribution in [0.15, 0.2) is 6.20 Å². The third kappa shape index (κ3) is 5.05. The molecule has 10 heteroatoms. The van der Waals surface area contributed by atoms with Gasteiger partial charge in [0, 0.05) is 33.6 Å². The van der Waals surface area contributed by atoms with Crippen molar-refractivity contribution in [3.05, 3.63) is 12.0 Å². The molecule has 0 saturated heterocycles. The molecule has 2 aromatic heterocycles. The summed E-state index contributed by atoms with van der Waals surface area (Å²) in [4.78, 5) is 10.9. The highest BCUT2D eigenvalue weighted by atomic mass is 32.2. The van der Waals surface area contributed by atoms with Gasteiger partial charge in [-0.2, -0.15) is 0 Å². The van der Waals surface area contributed by atoms with Crippen LogP contribution in [0, 0.1) is 0 Å². The topological polar surface area (TPSA) is 115 Å². The van der Waals surface area contributed by atoms with Crippen LogP contribution in [0.25, 0.3) is 11.0 Å². The van der Waals surface area contributed by atoms with Gasteiger partial charge in [-0.3, -0.25) is 0 Å². The van der Waals surface area contributed by atoms with Crippen LogP contribution in [-0.2, 0) is 27.7 Å². The van der Waals surface area contributed by atoms with Crippen LogP contribution in [0.2, 0.25) is 0 Å². The SMILES string of the molecule is CCCc1nc2c(N)ncc(N(C)C)c2n1CCOCCNS(C)(=O)=O. The van der Waals surface area contributed by atoms with Gasteiger partial charge in [-0.05, 0) is 6.42 Å². The molecule has 0 spiro atoms. The number of nitrogen functional groups attached to an aromatic ring is 1. The first-order valence-corrected chi connectivity index (χ1v) is 10.5. The van der Waals surface area contributed by atoms with E-state index in [2.05, 4.69) is 21.2 Å². The molecule has 2 aromatic rings. The molecule has 0 radical (unpaired) electrons. The zero-order valence-corrected chi connectivity index (χ0v) is 16.6.